The van der Waals surface area contributed by atoms with Crippen LogP contribution in [0.5, 0.6) is 0 Å². The van der Waals surface area contributed by atoms with E-state index in [1.165, 1.54) is 10.9 Å². The van der Waals surface area contributed by atoms with Crippen LogP contribution < -0.4 is 10.2 Å². The highest BCUT2D eigenvalue weighted by atomic mass is 19.1. The molecule has 1 amide bonds. The molecule has 12 heteroatoms. The molecule has 3 atom stereocenters. The molecule has 1 aliphatic heterocycles. The molecule has 3 aromatic rings. The summed E-state index contributed by atoms with van der Waals surface area (Å²) in [4.78, 5) is 21.7. The fourth-order valence-electron chi connectivity index (χ4n) is 4.20. The highest BCUT2D eigenvalue weighted by molar-refractivity contribution is 5.89. The lowest BCUT2D eigenvalue weighted by Gasteiger charge is -2.31. The molecular weight excluding hydrogens is 489 g/mol. The van der Waals surface area contributed by atoms with Crippen LogP contribution in [0.2, 0.25) is 0 Å². The van der Waals surface area contributed by atoms with E-state index in [-0.39, 0.29) is 29.5 Å². The molecular formula is C25H29F3N6O3. The summed E-state index contributed by atoms with van der Waals surface area (Å²) in [5, 5.41) is 6.84. The molecule has 0 bridgehead atoms. The first-order valence-corrected chi connectivity index (χ1v) is 11.7. The van der Waals surface area contributed by atoms with Crippen LogP contribution in [-0.4, -0.2) is 50.2 Å². The lowest BCUT2D eigenvalue weighted by molar-refractivity contribution is -0.0618. The molecule has 4 rings (SSSR count). The summed E-state index contributed by atoms with van der Waals surface area (Å²) in [7, 11) is 1.68. The molecule has 1 fully saturated rings. The quantitative estimate of drug-likeness (QED) is 0.471. The number of cyclic esters (lactones) is 1. The number of aromatic nitrogens is 4. The Morgan fingerprint density at radius 2 is 1.86 bits per heavy atom. The maximum Gasteiger partial charge on any atom is 0.416 e. The smallest absolute Gasteiger partial charge is 0.416 e. The minimum atomic E-state index is -0.844. The van der Waals surface area contributed by atoms with Crippen LogP contribution in [0, 0.1) is 17.5 Å². The Bertz CT molecular complexity index is 1310. The number of hydrogen-bond acceptors (Lipinski definition) is 7. The zero-order chi connectivity index (χ0) is 27.1. The summed E-state index contributed by atoms with van der Waals surface area (Å²) in [5.74, 6) is -2.51. The van der Waals surface area contributed by atoms with Crippen LogP contribution in [0.15, 0.2) is 30.7 Å². The highest BCUT2D eigenvalue weighted by Gasteiger charge is 2.42. The number of aryl methyl sites for hydroxylation is 1. The van der Waals surface area contributed by atoms with E-state index in [1.807, 2.05) is 20.8 Å². The van der Waals surface area contributed by atoms with E-state index in [0.717, 1.165) is 23.2 Å². The number of hydrogen-bond donors (Lipinski definition) is 1. The first kappa shape index (κ1) is 26.4. The lowest BCUT2D eigenvalue weighted by atomic mass is 10.0. The number of carbonyl (C=O) groups excluding carboxylic acids is 1. The molecule has 1 aromatic carbocycles. The zero-order valence-electron chi connectivity index (χ0n) is 21.4. The molecule has 9 nitrogen and oxygen atoms in total. The second-order valence-corrected chi connectivity index (χ2v) is 9.94. The number of nitrogens with zero attached hydrogens (tertiary/aromatic N) is 5. The van der Waals surface area contributed by atoms with Gasteiger partial charge in [0.15, 0.2) is 11.6 Å². The molecule has 1 N–H and O–H groups in total. The summed E-state index contributed by atoms with van der Waals surface area (Å²) in [6, 6.07) is 0.755. The van der Waals surface area contributed by atoms with E-state index in [1.54, 1.807) is 27.1 Å². The van der Waals surface area contributed by atoms with Crippen molar-refractivity contribution in [2.45, 2.75) is 58.4 Å². The van der Waals surface area contributed by atoms with Gasteiger partial charge in [0, 0.05) is 29.9 Å². The second kappa shape index (κ2) is 10.0. The molecule has 0 aliphatic carbocycles. The van der Waals surface area contributed by atoms with Gasteiger partial charge in [0.1, 0.15) is 24.3 Å². The Morgan fingerprint density at radius 1 is 1.14 bits per heavy atom. The van der Waals surface area contributed by atoms with E-state index >= 15 is 0 Å². The standard InChI is InChI=1S/C25H29F3N6O3/c1-13(16-7-19(27)17(8-18(16)26)15-9-30-33(6)11-15)31-23-29-10-20(28)22(32-23)34-21(12-36-24(34)35)14(2)37-25(3,4)5/h7-11,13-14,21H,12H2,1-6H3,(H,29,31,32)/t13-,14+,21?/m0/s1. The van der Waals surface area contributed by atoms with Gasteiger partial charge in [0.25, 0.3) is 0 Å². The minimum Gasteiger partial charge on any atom is -0.447 e. The van der Waals surface area contributed by atoms with Crippen molar-refractivity contribution in [3.05, 3.63) is 53.7 Å². The predicted molar refractivity (Wildman–Crippen MR) is 131 cm³/mol. The van der Waals surface area contributed by atoms with Gasteiger partial charge in [-0.1, -0.05) is 0 Å². The molecule has 37 heavy (non-hydrogen) atoms. The molecule has 0 saturated carbocycles. The molecule has 0 radical (unpaired) electrons. The van der Waals surface area contributed by atoms with Crippen molar-refractivity contribution in [2.75, 3.05) is 16.8 Å². The van der Waals surface area contributed by atoms with Gasteiger partial charge in [0.05, 0.1) is 30.1 Å². The Labute approximate surface area is 212 Å². The van der Waals surface area contributed by atoms with Crippen molar-refractivity contribution in [1.82, 2.24) is 19.7 Å². The van der Waals surface area contributed by atoms with Gasteiger partial charge in [-0.2, -0.15) is 10.1 Å². The summed E-state index contributed by atoms with van der Waals surface area (Å²) in [6.07, 6.45) is 2.66. The number of anilines is 2. The minimum absolute atomic E-state index is 0.00748. The van der Waals surface area contributed by atoms with Crippen LogP contribution in [0.3, 0.4) is 0 Å². The molecule has 2 aromatic heterocycles. The van der Waals surface area contributed by atoms with Gasteiger partial charge in [-0.3, -0.25) is 4.68 Å². The number of ether oxygens (including phenoxy) is 2. The number of nitrogens with one attached hydrogen (secondary N) is 1. The first-order chi connectivity index (χ1) is 17.3. The molecule has 198 valence electrons. The summed E-state index contributed by atoms with van der Waals surface area (Å²) in [5.41, 5.74) is 0.0290. The van der Waals surface area contributed by atoms with Crippen LogP contribution in [0.1, 0.15) is 46.2 Å². The number of benzene rings is 1. The van der Waals surface area contributed by atoms with Crippen molar-refractivity contribution in [2.24, 2.45) is 7.05 Å². The monoisotopic (exact) mass is 518 g/mol. The van der Waals surface area contributed by atoms with Crippen LogP contribution in [-0.2, 0) is 16.5 Å². The normalized spacial score (nSPS) is 17.6. The van der Waals surface area contributed by atoms with Crippen LogP contribution in [0.4, 0.5) is 29.7 Å². The van der Waals surface area contributed by atoms with Gasteiger partial charge in [-0.15, -0.1) is 0 Å². The summed E-state index contributed by atoms with van der Waals surface area (Å²) in [6.45, 7) is 8.94. The predicted octanol–water partition coefficient (Wildman–Crippen LogP) is 5.00. The third-order valence-corrected chi connectivity index (χ3v) is 5.86. The van der Waals surface area contributed by atoms with Crippen LogP contribution in [0.25, 0.3) is 11.1 Å². The fourth-order valence-corrected chi connectivity index (χ4v) is 4.20. The number of amides is 1. The Hall–Kier alpha value is -3.67. The Morgan fingerprint density at radius 3 is 2.51 bits per heavy atom. The van der Waals surface area contributed by atoms with E-state index in [9.17, 15) is 18.0 Å². The lowest BCUT2D eigenvalue weighted by Crippen LogP contribution is -2.45. The molecule has 0 spiro atoms. The van der Waals surface area contributed by atoms with E-state index in [2.05, 4.69) is 20.4 Å². The van der Waals surface area contributed by atoms with Crippen LogP contribution >= 0.6 is 0 Å². The Kier molecular flexibility index (Phi) is 7.13. The van der Waals surface area contributed by atoms with Crippen molar-refractivity contribution in [3.8, 4) is 11.1 Å². The van der Waals surface area contributed by atoms with E-state index in [4.69, 9.17) is 9.47 Å². The van der Waals surface area contributed by atoms with Crippen molar-refractivity contribution in [1.29, 1.82) is 0 Å². The number of halogens is 3. The largest absolute Gasteiger partial charge is 0.447 e. The Balaban J connectivity index is 1.58. The van der Waals surface area contributed by atoms with Gasteiger partial charge < -0.3 is 14.8 Å². The molecule has 1 saturated heterocycles. The SMILES string of the molecule is C[C@H](Nc1ncc(F)c(N2C(=O)OCC2[C@@H](C)OC(C)(C)C)n1)c1cc(F)c(-c2cnn(C)c2)cc1F. The first-order valence-electron chi connectivity index (χ1n) is 11.7. The maximum absolute atomic E-state index is 15.0. The topological polar surface area (TPSA) is 94.4 Å². The van der Waals surface area contributed by atoms with Crippen molar-refractivity contribution in [3.63, 3.8) is 0 Å². The number of carbonyl (C=O) groups is 1. The summed E-state index contributed by atoms with van der Waals surface area (Å²) < 4.78 is 57.2. The molecule has 1 unspecified atom stereocenters. The summed E-state index contributed by atoms with van der Waals surface area (Å²) >= 11 is 0. The van der Waals surface area contributed by atoms with Gasteiger partial charge in [-0.05, 0) is 46.8 Å². The highest BCUT2D eigenvalue weighted by Crippen LogP contribution is 2.31. The third kappa shape index (κ3) is 5.68. The van der Waals surface area contributed by atoms with Gasteiger partial charge in [0.2, 0.25) is 5.95 Å². The van der Waals surface area contributed by atoms with E-state index in [0.29, 0.717) is 5.56 Å². The molecule has 3 heterocycles. The third-order valence-electron chi connectivity index (χ3n) is 5.86. The average molecular weight is 519 g/mol. The zero-order valence-corrected chi connectivity index (χ0v) is 21.4. The van der Waals surface area contributed by atoms with E-state index < -0.39 is 47.3 Å². The maximum atomic E-state index is 15.0. The number of rotatable bonds is 7. The fraction of sp³-hybridized carbons (Fsp3) is 0.440. The van der Waals surface area contributed by atoms with Gasteiger partial charge >= 0.3 is 6.09 Å². The average Bonchev–Trinajstić information content (AvgIpc) is 3.40. The second-order valence-electron chi connectivity index (χ2n) is 9.94. The van der Waals surface area contributed by atoms with Crippen molar-refractivity contribution < 1.29 is 27.4 Å². The molecule has 1 aliphatic rings. The van der Waals surface area contributed by atoms with Crippen molar-refractivity contribution >= 4 is 17.9 Å². The van der Waals surface area contributed by atoms with Gasteiger partial charge in [-0.25, -0.2) is 27.8 Å².